The van der Waals surface area contributed by atoms with Gasteiger partial charge in [0.1, 0.15) is 18.1 Å². The maximum atomic E-state index is 10.6. The molecule has 7 heteroatoms. The van der Waals surface area contributed by atoms with Gasteiger partial charge in [-0.25, -0.2) is 0 Å². The average molecular weight is 442 g/mol. The number of anilines is 1. The van der Waals surface area contributed by atoms with Crippen molar-refractivity contribution in [1.29, 1.82) is 0 Å². The molecule has 0 bridgehead atoms. The summed E-state index contributed by atoms with van der Waals surface area (Å²) in [6.07, 6.45) is 2.00. The van der Waals surface area contributed by atoms with E-state index in [1.54, 1.807) is 6.26 Å². The number of hydrogen-bond donors (Lipinski definition) is 1. The molecule has 3 aromatic rings. The molecule has 0 aliphatic heterocycles. The minimum Gasteiger partial charge on any atom is -0.467 e. The maximum absolute atomic E-state index is 10.6. The molecule has 0 saturated carbocycles. The van der Waals surface area contributed by atoms with Crippen molar-refractivity contribution in [2.45, 2.75) is 46.4 Å². The van der Waals surface area contributed by atoms with Crippen LogP contribution in [0.15, 0.2) is 57.7 Å². The molecule has 1 atom stereocenters. The van der Waals surface area contributed by atoms with Gasteiger partial charge in [-0.2, -0.15) is 0 Å². The molecule has 174 valence electrons. The number of hydrogen-bond acceptors (Lipinski definition) is 7. The van der Waals surface area contributed by atoms with Gasteiger partial charge in [-0.15, -0.1) is 0 Å². The third-order valence-corrected chi connectivity index (χ3v) is 5.39. The topological polar surface area (TPSA) is 75.1 Å². The lowest BCUT2D eigenvalue weighted by Crippen LogP contribution is -2.35. The first kappa shape index (κ1) is 24.0. The summed E-state index contributed by atoms with van der Waals surface area (Å²) < 4.78 is 16.7. The standard InChI is InChI=1S/C25H35N3O4/c1-4-14-27(16-21(29)18-30-19-22-13-10-15-31-22)17-23-24(20-11-8-7-9-12-20)26-32-25(23)28(5-2)6-3/h7-13,15,21,29H,4-6,14,16-19H2,1-3H3. The summed E-state index contributed by atoms with van der Waals surface area (Å²) in [5.74, 6) is 1.56. The van der Waals surface area contributed by atoms with Gasteiger partial charge in [0.15, 0.2) is 0 Å². The van der Waals surface area contributed by atoms with E-state index in [2.05, 4.69) is 47.9 Å². The highest BCUT2D eigenvalue weighted by Gasteiger charge is 2.24. The number of benzene rings is 1. The number of furan rings is 1. The van der Waals surface area contributed by atoms with Crippen molar-refractivity contribution in [3.8, 4) is 11.3 Å². The summed E-state index contributed by atoms with van der Waals surface area (Å²) in [6.45, 7) is 10.6. The van der Waals surface area contributed by atoms with Crippen molar-refractivity contribution < 1.29 is 18.8 Å². The van der Waals surface area contributed by atoms with Crippen LogP contribution in [0.5, 0.6) is 0 Å². The molecule has 0 saturated heterocycles. The van der Waals surface area contributed by atoms with Crippen LogP contribution in [0.25, 0.3) is 11.3 Å². The zero-order chi connectivity index (χ0) is 22.8. The lowest BCUT2D eigenvalue weighted by atomic mass is 10.1. The number of aliphatic hydroxyl groups excluding tert-OH is 1. The van der Waals surface area contributed by atoms with E-state index in [4.69, 9.17) is 13.7 Å². The van der Waals surface area contributed by atoms with Crippen molar-refractivity contribution in [2.24, 2.45) is 0 Å². The average Bonchev–Trinajstić information content (AvgIpc) is 3.46. The zero-order valence-corrected chi connectivity index (χ0v) is 19.4. The summed E-state index contributed by atoms with van der Waals surface area (Å²) in [5, 5.41) is 15.0. The van der Waals surface area contributed by atoms with Crippen molar-refractivity contribution in [2.75, 3.05) is 37.7 Å². The highest BCUT2D eigenvalue weighted by atomic mass is 16.5. The first-order valence-electron chi connectivity index (χ1n) is 11.5. The highest BCUT2D eigenvalue weighted by molar-refractivity contribution is 5.68. The number of aromatic nitrogens is 1. The molecule has 0 radical (unpaired) electrons. The Morgan fingerprint density at radius 3 is 2.50 bits per heavy atom. The molecule has 7 nitrogen and oxygen atoms in total. The van der Waals surface area contributed by atoms with E-state index in [1.165, 1.54) is 0 Å². The van der Waals surface area contributed by atoms with Crippen LogP contribution >= 0.6 is 0 Å². The van der Waals surface area contributed by atoms with Gasteiger partial charge in [-0.1, -0.05) is 42.4 Å². The van der Waals surface area contributed by atoms with Crippen LogP contribution in [0, 0.1) is 0 Å². The Labute approximate surface area is 190 Å². The van der Waals surface area contributed by atoms with Gasteiger partial charge in [0.05, 0.1) is 24.5 Å². The molecule has 2 aromatic heterocycles. The van der Waals surface area contributed by atoms with E-state index in [0.29, 0.717) is 19.7 Å². The molecule has 0 fully saturated rings. The van der Waals surface area contributed by atoms with Gasteiger partial charge < -0.3 is 23.7 Å². The van der Waals surface area contributed by atoms with Gasteiger partial charge in [0.25, 0.3) is 0 Å². The van der Waals surface area contributed by atoms with Gasteiger partial charge in [-0.3, -0.25) is 4.90 Å². The third-order valence-electron chi connectivity index (χ3n) is 5.39. The number of rotatable bonds is 14. The second-order valence-corrected chi connectivity index (χ2v) is 7.84. The highest BCUT2D eigenvalue weighted by Crippen LogP contribution is 2.32. The van der Waals surface area contributed by atoms with E-state index in [9.17, 15) is 5.11 Å². The van der Waals surface area contributed by atoms with Crippen LogP contribution in [0.2, 0.25) is 0 Å². The first-order chi connectivity index (χ1) is 15.7. The first-order valence-corrected chi connectivity index (χ1v) is 11.5. The molecule has 0 amide bonds. The van der Waals surface area contributed by atoms with Crippen LogP contribution < -0.4 is 4.90 Å². The fourth-order valence-electron chi connectivity index (χ4n) is 3.84. The maximum Gasteiger partial charge on any atom is 0.232 e. The quantitative estimate of drug-likeness (QED) is 0.393. The summed E-state index contributed by atoms with van der Waals surface area (Å²) in [4.78, 5) is 4.43. The van der Waals surface area contributed by atoms with Gasteiger partial charge in [-0.05, 0) is 38.9 Å². The zero-order valence-electron chi connectivity index (χ0n) is 19.4. The van der Waals surface area contributed by atoms with Crippen molar-refractivity contribution in [1.82, 2.24) is 10.1 Å². The Hall–Kier alpha value is -2.61. The Morgan fingerprint density at radius 1 is 1.06 bits per heavy atom. The van der Waals surface area contributed by atoms with Gasteiger partial charge in [0.2, 0.25) is 5.88 Å². The largest absolute Gasteiger partial charge is 0.467 e. The molecule has 0 aliphatic rings. The molecule has 1 aromatic carbocycles. The monoisotopic (exact) mass is 441 g/mol. The number of aliphatic hydroxyl groups is 1. The van der Waals surface area contributed by atoms with Crippen molar-refractivity contribution in [3.05, 3.63) is 60.1 Å². The van der Waals surface area contributed by atoms with E-state index in [1.807, 2.05) is 30.3 Å². The lowest BCUT2D eigenvalue weighted by molar-refractivity contribution is 0.00388. The predicted molar refractivity (Wildman–Crippen MR) is 125 cm³/mol. The molecule has 0 aliphatic carbocycles. The Balaban J connectivity index is 1.74. The van der Waals surface area contributed by atoms with Gasteiger partial charge in [0, 0.05) is 31.7 Å². The van der Waals surface area contributed by atoms with E-state index >= 15 is 0 Å². The molecule has 32 heavy (non-hydrogen) atoms. The molecule has 0 spiro atoms. The van der Waals surface area contributed by atoms with E-state index in [0.717, 1.165) is 54.5 Å². The molecule has 2 heterocycles. The summed E-state index contributed by atoms with van der Waals surface area (Å²) in [7, 11) is 0. The number of nitrogens with zero attached hydrogens (tertiary/aromatic N) is 3. The van der Waals surface area contributed by atoms with Crippen LogP contribution in [0.3, 0.4) is 0 Å². The molecular formula is C25H35N3O4. The third kappa shape index (κ3) is 6.45. The van der Waals surface area contributed by atoms with Crippen LogP contribution in [0.1, 0.15) is 38.5 Å². The normalized spacial score (nSPS) is 12.4. The SMILES string of the molecule is CCCN(Cc1c(-c2ccccc2)noc1N(CC)CC)CC(O)COCc1ccco1. The van der Waals surface area contributed by atoms with Crippen LogP contribution in [-0.2, 0) is 17.9 Å². The second kappa shape index (κ2) is 12.4. The second-order valence-electron chi connectivity index (χ2n) is 7.84. The van der Waals surface area contributed by atoms with Crippen molar-refractivity contribution in [3.63, 3.8) is 0 Å². The molecule has 1 unspecified atom stereocenters. The Kier molecular flexibility index (Phi) is 9.34. The number of ether oxygens (including phenoxy) is 1. The fraction of sp³-hybridized carbons (Fsp3) is 0.480. The lowest BCUT2D eigenvalue weighted by Gasteiger charge is -2.26. The Morgan fingerprint density at radius 2 is 1.84 bits per heavy atom. The van der Waals surface area contributed by atoms with Crippen molar-refractivity contribution >= 4 is 5.88 Å². The predicted octanol–water partition coefficient (Wildman–Crippen LogP) is 4.57. The Bertz CT molecular complexity index is 891. The van der Waals surface area contributed by atoms with Crippen LogP contribution in [-0.4, -0.2) is 54.1 Å². The van der Waals surface area contributed by atoms with Crippen LogP contribution in [0.4, 0.5) is 5.88 Å². The van der Waals surface area contributed by atoms with E-state index < -0.39 is 6.10 Å². The molecule has 1 N–H and O–H groups in total. The summed E-state index contributed by atoms with van der Waals surface area (Å²) in [6, 6.07) is 13.8. The molecule has 3 rings (SSSR count). The van der Waals surface area contributed by atoms with Gasteiger partial charge >= 0.3 is 0 Å². The van der Waals surface area contributed by atoms with E-state index in [-0.39, 0.29) is 6.61 Å². The fourth-order valence-corrected chi connectivity index (χ4v) is 3.84. The minimum absolute atomic E-state index is 0.249. The summed E-state index contributed by atoms with van der Waals surface area (Å²) >= 11 is 0. The summed E-state index contributed by atoms with van der Waals surface area (Å²) in [5.41, 5.74) is 2.94. The minimum atomic E-state index is -0.603. The smallest absolute Gasteiger partial charge is 0.232 e. The molecular weight excluding hydrogens is 406 g/mol.